The molecule has 1 unspecified atom stereocenters. The number of hydrogen-bond acceptors (Lipinski definition) is 4. The first-order valence-electron chi connectivity index (χ1n) is 6.31. The van der Waals surface area contributed by atoms with Gasteiger partial charge in [-0.2, -0.15) is 0 Å². The molecule has 1 aromatic heterocycles. The van der Waals surface area contributed by atoms with Gasteiger partial charge in [0.05, 0.1) is 6.61 Å². The van der Waals surface area contributed by atoms with Gasteiger partial charge in [-0.15, -0.1) is 11.8 Å². The molecule has 1 aromatic carbocycles. The summed E-state index contributed by atoms with van der Waals surface area (Å²) in [5.41, 5.74) is 7.32. The van der Waals surface area contributed by atoms with E-state index >= 15 is 0 Å². The Hall–Kier alpha value is -1.52. The van der Waals surface area contributed by atoms with Crippen LogP contribution in [0.25, 0.3) is 0 Å². The summed E-state index contributed by atoms with van der Waals surface area (Å²) in [6.07, 6.45) is 3.59. The average Bonchev–Trinajstić information content (AvgIpc) is 2.47. The zero-order valence-electron chi connectivity index (χ0n) is 11.0. The predicted octanol–water partition coefficient (Wildman–Crippen LogP) is 3.27. The molecule has 4 heteroatoms. The summed E-state index contributed by atoms with van der Waals surface area (Å²) in [4.78, 5) is 5.18. The van der Waals surface area contributed by atoms with Crippen LogP contribution < -0.4 is 10.5 Å². The van der Waals surface area contributed by atoms with Crippen molar-refractivity contribution < 1.29 is 4.74 Å². The summed E-state index contributed by atoms with van der Waals surface area (Å²) in [5.74, 6) is 1.70. The fourth-order valence-corrected chi connectivity index (χ4v) is 2.65. The van der Waals surface area contributed by atoms with Crippen molar-refractivity contribution in [3.63, 3.8) is 0 Å². The summed E-state index contributed by atoms with van der Waals surface area (Å²) in [5, 5.41) is 0. The van der Waals surface area contributed by atoms with E-state index < -0.39 is 0 Å². The van der Waals surface area contributed by atoms with Crippen LogP contribution in [0.15, 0.2) is 53.7 Å². The third-order valence-corrected chi connectivity index (χ3v) is 3.83. The molecule has 0 amide bonds. The van der Waals surface area contributed by atoms with Gasteiger partial charge in [0.15, 0.2) is 0 Å². The van der Waals surface area contributed by atoms with Gasteiger partial charge in [0.25, 0.3) is 0 Å². The van der Waals surface area contributed by atoms with E-state index in [0.717, 1.165) is 17.1 Å². The Labute approximate surface area is 118 Å². The van der Waals surface area contributed by atoms with Crippen LogP contribution in [0, 0.1) is 0 Å². The second-order valence-corrected chi connectivity index (χ2v) is 5.16. The average molecular weight is 274 g/mol. The number of ether oxygens (including phenoxy) is 1. The first-order valence-corrected chi connectivity index (χ1v) is 7.30. The quantitative estimate of drug-likeness (QED) is 0.821. The summed E-state index contributed by atoms with van der Waals surface area (Å²) < 4.78 is 5.61. The lowest BCUT2D eigenvalue weighted by molar-refractivity contribution is 0.335. The van der Waals surface area contributed by atoms with Crippen molar-refractivity contribution in [2.45, 2.75) is 17.9 Å². The van der Waals surface area contributed by atoms with Gasteiger partial charge in [0, 0.05) is 34.6 Å². The Morgan fingerprint density at radius 3 is 2.68 bits per heavy atom. The van der Waals surface area contributed by atoms with Gasteiger partial charge < -0.3 is 10.5 Å². The molecule has 2 N–H and O–H groups in total. The number of aromatic nitrogens is 1. The van der Waals surface area contributed by atoms with Crippen LogP contribution in [0.1, 0.15) is 18.5 Å². The van der Waals surface area contributed by atoms with Crippen molar-refractivity contribution in [1.29, 1.82) is 0 Å². The van der Waals surface area contributed by atoms with Crippen molar-refractivity contribution in [2.75, 3.05) is 12.4 Å². The van der Waals surface area contributed by atoms with Crippen molar-refractivity contribution in [1.82, 2.24) is 4.98 Å². The molecule has 2 rings (SSSR count). The van der Waals surface area contributed by atoms with E-state index in [2.05, 4.69) is 4.98 Å². The lowest BCUT2D eigenvalue weighted by atomic mass is 10.1. The number of nitrogens with two attached hydrogens (primary N) is 1. The molecule has 0 spiro atoms. The van der Waals surface area contributed by atoms with Crippen LogP contribution in [0.3, 0.4) is 0 Å². The first kappa shape index (κ1) is 13.9. The normalized spacial score (nSPS) is 12.1. The minimum Gasteiger partial charge on any atom is -0.494 e. The fourth-order valence-electron chi connectivity index (χ4n) is 1.78. The topological polar surface area (TPSA) is 48.1 Å². The van der Waals surface area contributed by atoms with Crippen LogP contribution in [0.5, 0.6) is 5.75 Å². The maximum absolute atomic E-state index is 6.26. The highest BCUT2D eigenvalue weighted by atomic mass is 32.2. The maximum atomic E-state index is 6.26. The van der Waals surface area contributed by atoms with Crippen LogP contribution in [-0.4, -0.2) is 17.3 Å². The molecule has 0 radical (unpaired) electrons. The number of nitrogens with zero attached hydrogens (tertiary/aromatic N) is 1. The molecule has 1 heterocycles. The minimum absolute atomic E-state index is 0.0408. The molecule has 0 aliphatic heterocycles. The fraction of sp³-hybridized carbons (Fsp3) is 0.267. The zero-order chi connectivity index (χ0) is 13.5. The van der Waals surface area contributed by atoms with Gasteiger partial charge in [-0.1, -0.05) is 18.2 Å². The lowest BCUT2D eigenvalue weighted by Crippen LogP contribution is -2.14. The molecule has 2 aromatic rings. The molecule has 0 aliphatic carbocycles. The number of rotatable bonds is 6. The molecule has 1 atom stereocenters. The third kappa shape index (κ3) is 3.98. The largest absolute Gasteiger partial charge is 0.494 e. The SMILES string of the molecule is CCOc1ccccc1C(N)CSc1ccncc1. The second kappa shape index (κ2) is 7.16. The predicted molar refractivity (Wildman–Crippen MR) is 79.5 cm³/mol. The van der Waals surface area contributed by atoms with Gasteiger partial charge in [-0.05, 0) is 25.1 Å². The van der Waals surface area contributed by atoms with Crippen molar-refractivity contribution in [3.05, 3.63) is 54.4 Å². The summed E-state index contributed by atoms with van der Waals surface area (Å²) >= 11 is 1.73. The lowest BCUT2D eigenvalue weighted by Gasteiger charge is -2.16. The zero-order valence-corrected chi connectivity index (χ0v) is 11.8. The Kier molecular flexibility index (Phi) is 5.24. The molecule has 19 heavy (non-hydrogen) atoms. The number of thioether (sulfide) groups is 1. The Bertz CT molecular complexity index is 505. The summed E-state index contributed by atoms with van der Waals surface area (Å²) in [6.45, 7) is 2.63. The number of para-hydroxylation sites is 1. The minimum atomic E-state index is -0.0408. The van der Waals surface area contributed by atoms with Gasteiger partial charge in [-0.25, -0.2) is 0 Å². The number of pyridine rings is 1. The highest BCUT2D eigenvalue weighted by Gasteiger charge is 2.11. The molecule has 0 fully saturated rings. The Morgan fingerprint density at radius 1 is 1.21 bits per heavy atom. The molecule has 3 nitrogen and oxygen atoms in total. The standard InChI is InChI=1S/C15H18N2OS/c1-2-18-15-6-4-3-5-13(15)14(16)11-19-12-7-9-17-10-8-12/h3-10,14H,2,11,16H2,1H3. The third-order valence-electron chi connectivity index (χ3n) is 2.70. The van der Waals surface area contributed by atoms with Crippen molar-refractivity contribution >= 4 is 11.8 Å². The van der Waals surface area contributed by atoms with E-state index in [-0.39, 0.29) is 6.04 Å². The Balaban J connectivity index is 2.01. The van der Waals surface area contributed by atoms with E-state index in [9.17, 15) is 0 Å². The van der Waals surface area contributed by atoms with E-state index in [0.29, 0.717) is 6.61 Å². The van der Waals surface area contributed by atoms with Gasteiger partial charge in [0.2, 0.25) is 0 Å². The number of hydrogen-bond donors (Lipinski definition) is 1. The molecule has 0 bridgehead atoms. The van der Waals surface area contributed by atoms with Crippen LogP contribution in [0.4, 0.5) is 0 Å². The van der Waals surface area contributed by atoms with E-state index in [1.54, 1.807) is 24.2 Å². The van der Waals surface area contributed by atoms with Crippen LogP contribution >= 0.6 is 11.8 Å². The summed E-state index contributed by atoms with van der Waals surface area (Å²) in [6, 6.07) is 11.9. The van der Waals surface area contributed by atoms with Crippen molar-refractivity contribution in [3.8, 4) is 5.75 Å². The first-order chi connectivity index (χ1) is 9.31. The van der Waals surface area contributed by atoms with E-state index in [1.165, 1.54) is 4.90 Å². The molecular weight excluding hydrogens is 256 g/mol. The number of benzene rings is 1. The highest BCUT2D eigenvalue weighted by Crippen LogP contribution is 2.28. The van der Waals surface area contributed by atoms with Crippen LogP contribution in [-0.2, 0) is 0 Å². The molecule has 0 saturated carbocycles. The van der Waals surface area contributed by atoms with Gasteiger partial charge in [0.1, 0.15) is 5.75 Å². The summed E-state index contributed by atoms with van der Waals surface area (Å²) in [7, 11) is 0. The maximum Gasteiger partial charge on any atom is 0.124 e. The van der Waals surface area contributed by atoms with Crippen LogP contribution in [0.2, 0.25) is 0 Å². The Morgan fingerprint density at radius 2 is 1.95 bits per heavy atom. The highest BCUT2D eigenvalue weighted by molar-refractivity contribution is 7.99. The van der Waals surface area contributed by atoms with Crippen molar-refractivity contribution in [2.24, 2.45) is 5.73 Å². The molecule has 100 valence electrons. The monoisotopic (exact) mass is 274 g/mol. The second-order valence-electron chi connectivity index (χ2n) is 4.07. The molecular formula is C15H18N2OS. The smallest absolute Gasteiger partial charge is 0.124 e. The molecule has 0 saturated heterocycles. The van der Waals surface area contributed by atoms with Gasteiger partial charge >= 0.3 is 0 Å². The molecule has 0 aliphatic rings. The van der Waals surface area contributed by atoms with Gasteiger partial charge in [-0.3, -0.25) is 4.98 Å². The van der Waals surface area contributed by atoms with E-state index in [4.69, 9.17) is 10.5 Å². The van der Waals surface area contributed by atoms with E-state index in [1.807, 2.05) is 43.3 Å².